The van der Waals surface area contributed by atoms with Crippen molar-refractivity contribution in [1.29, 1.82) is 0 Å². The molecule has 6 heteroatoms. The number of nitrogens with zero attached hydrogens (tertiary/aromatic N) is 5. The van der Waals surface area contributed by atoms with E-state index in [-0.39, 0.29) is 28.4 Å². The first-order valence-electron chi connectivity index (χ1n) is 35.4. The Kier molecular flexibility index (Phi) is 12.7. The maximum atomic E-state index is 2.62. The molecule has 3 aliphatic rings. The van der Waals surface area contributed by atoms with Crippen LogP contribution in [-0.4, -0.2) is 20.4 Å². The summed E-state index contributed by atoms with van der Waals surface area (Å²) < 4.78 is 7.50. The fourth-order valence-corrected chi connectivity index (χ4v) is 18.0. The van der Waals surface area contributed by atoms with Crippen molar-refractivity contribution in [2.24, 2.45) is 0 Å². The van der Waals surface area contributed by atoms with Crippen molar-refractivity contribution in [3.05, 3.63) is 301 Å². The molecule has 1 aliphatic carbocycles. The highest BCUT2D eigenvalue weighted by atomic mass is 15.2. The Labute approximate surface area is 580 Å². The molecule has 0 radical (unpaired) electrons. The Balaban J connectivity index is 0.907. The molecule has 0 bridgehead atoms. The molecule has 478 valence electrons. The van der Waals surface area contributed by atoms with Gasteiger partial charge in [-0.25, -0.2) is 0 Å². The molecule has 3 aromatic heterocycles. The monoisotopic (exact) mass is 1280 g/mol. The average Bonchev–Trinajstić information content (AvgIpc) is 0.999. The number of anilines is 6. The lowest BCUT2D eigenvalue weighted by Crippen LogP contribution is -2.61. The maximum Gasteiger partial charge on any atom is 0.252 e. The van der Waals surface area contributed by atoms with Gasteiger partial charge in [0.1, 0.15) is 0 Å². The summed E-state index contributed by atoms with van der Waals surface area (Å²) in [5, 5.41) is 7.41. The average molecular weight is 1280 g/mol. The SMILES string of the molecule is CC(C)(C)c1cc(-c2ccc(N3c4cc(-n5c6ccccc6c6ccccc65)ccc4B4c5ccc(-n6c7ccccc7c7ccccc76)cc5N(c5ccc(-c6ccc7c(c6)C(C)(C)CC7(C)C)cc5)c5cc(-n6c7ccccc7c7ccccc76)cc3c54)cc2)cc(C(C)(C)C)c1. The number of aromatic nitrogens is 3. The maximum absolute atomic E-state index is 2.62. The Morgan fingerprint density at radius 1 is 0.283 bits per heavy atom. The fraction of sp³-hybridized carbons (Fsp3) is 0.161. The largest absolute Gasteiger partial charge is 0.311 e. The molecule has 0 fully saturated rings. The minimum atomic E-state index is -0.173. The molecule has 0 saturated carbocycles. The second-order valence-electron chi connectivity index (χ2n) is 31.7. The lowest BCUT2D eigenvalue weighted by atomic mass is 9.33. The highest BCUT2D eigenvalue weighted by molar-refractivity contribution is 7.00. The van der Waals surface area contributed by atoms with Crippen LogP contribution >= 0.6 is 0 Å². The summed E-state index contributed by atoms with van der Waals surface area (Å²) in [6, 6.07) is 107. The van der Waals surface area contributed by atoms with Crippen molar-refractivity contribution in [2.75, 3.05) is 9.80 Å². The third kappa shape index (κ3) is 9.00. The van der Waals surface area contributed by atoms with Crippen molar-refractivity contribution in [1.82, 2.24) is 13.7 Å². The quantitative estimate of drug-likeness (QED) is 0.148. The summed E-state index contributed by atoms with van der Waals surface area (Å²) in [5.41, 5.74) is 31.5. The smallest absolute Gasteiger partial charge is 0.252 e. The summed E-state index contributed by atoms with van der Waals surface area (Å²) in [7, 11) is 0. The number of para-hydroxylation sites is 6. The van der Waals surface area contributed by atoms with E-state index in [1.165, 1.54) is 115 Å². The highest BCUT2D eigenvalue weighted by Gasteiger charge is 2.45. The van der Waals surface area contributed by atoms with E-state index in [4.69, 9.17) is 0 Å². The Bertz CT molecular complexity index is 5860. The number of fused-ring (bicyclic) bond motifs is 14. The second kappa shape index (κ2) is 21.2. The van der Waals surface area contributed by atoms with E-state index in [2.05, 4.69) is 372 Å². The Morgan fingerprint density at radius 2 is 0.606 bits per heavy atom. The third-order valence-corrected chi connectivity index (χ3v) is 22.5. The summed E-state index contributed by atoms with van der Waals surface area (Å²) in [5.74, 6) is 0. The highest BCUT2D eigenvalue weighted by Crippen LogP contribution is 2.52. The van der Waals surface area contributed by atoms with Gasteiger partial charge in [-0.05, 0) is 186 Å². The molecule has 0 atom stereocenters. The zero-order valence-corrected chi connectivity index (χ0v) is 58.1. The molecule has 13 aromatic carbocycles. The number of benzene rings is 13. The molecule has 19 rings (SSSR count). The van der Waals surface area contributed by atoms with E-state index in [1.54, 1.807) is 0 Å². The summed E-state index contributed by atoms with van der Waals surface area (Å²) in [4.78, 5) is 5.23. The van der Waals surface area contributed by atoms with Gasteiger partial charge in [0.05, 0.1) is 38.8 Å². The van der Waals surface area contributed by atoms with Crippen LogP contribution in [0.1, 0.15) is 97.9 Å². The van der Waals surface area contributed by atoms with Crippen molar-refractivity contribution >= 4 is 123 Å². The van der Waals surface area contributed by atoms with E-state index >= 15 is 0 Å². The molecule has 99 heavy (non-hydrogen) atoms. The van der Waals surface area contributed by atoms with Crippen LogP contribution in [0.5, 0.6) is 0 Å². The molecule has 16 aromatic rings. The zero-order valence-electron chi connectivity index (χ0n) is 58.1. The third-order valence-electron chi connectivity index (χ3n) is 22.5. The molecule has 2 aliphatic heterocycles. The first kappa shape index (κ1) is 59.2. The molecule has 0 amide bonds. The number of hydrogen-bond acceptors (Lipinski definition) is 2. The zero-order chi connectivity index (χ0) is 67.2. The van der Waals surface area contributed by atoms with Crippen molar-refractivity contribution in [3.63, 3.8) is 0 Å². The minimum Gasteiger partial charge on any atom is -0.311 e. The number of rotatable bonds is 7. The minimum absolute atomic E-state index is 0.0311. The van der Waals surface area contributed by atoms with E-state index in [0.717, 1.165) is 68.6 Å². The summed E-state index contributed by atoms with van der Waals surface area (Å²) in [6.07, 6.45) is 1.13. The summed E-state index contributed by atoms with van der Waals surface area (Å²) >= 11 is 0. The Hall–Kier alpha value is -11.1. The lowest BCUT2D eigenvalue weighted by Gasteiger charge is -2.44. The van der Waals surface area contributed by atoms with Crippen LogP contribution in [0, 0.1) is 0 Å². The van der Waals surface area contributed by atoms with Crippen LogP contribution in [0.4, 0.5) is 34.1 Å². The van der Waals surface area contributed by atoms with Gasteiger partial charge >= 0.3 is 0 Å². The molecule has 5 heterocycles. The normalized spacial score (nSPS) is 14.6. The van der Waals surface area contributed by atoms with Gasteiger partial charge in [0.2, 0.25) is 0 Å². The van der Waals surface area contributed by atoms with Gasteiger partial charge in [0.15, 0.2) is 0 Å². The van der Waals surface area contributed by atoms with Crippen LogP contribution in [0.15, 0.2) is 279 Å². The molecule has 0 saturated heterocycles. The van der Waals surface area contributed by atoms with Gasteiger partial charge in [-0.3, -0.25) is 0 Å². The molecule has 0 N–H and O–H groups in total. The van der Waals surface area contributed by atoms with E-state index in [0.29, 0.717) is 0 Å². The van der Waals surface area contributed by atoms with Crippen molar-refractivity contribution in [2.45, 2.75) is 97.3 Å². The van der Waals surface area contributed by atoms with E-state index < -0.39 is 0 Å². The van der Waals surface area contributed by atoms with Gasteiger partial charge in [-0.15, -0.1) is 0 Å². The molecule has 0 spiro atoms. The van der Waals surface area contributed by atoms with E-state index in [1.807, 2.05) is 0 Å². The molecule has 0 unspecified atom stereocenters. The van der Waals surface area contributed by atoms with Gasteiger partial charge in [0, 0.05) is 77.8 Å². The van der Waals surface area contributed by atoms with Crippen molar-refractivity contribution in [3.8, 4) is 39.3 Å². The van der Waals surface area contributed by atoms with Crippen LogP contribution in [-0.2, 0) is 21.7 Å². The predicted octanol–water partition coefficient (Wildman–Crippen LogP) is 22.9. The first-order valence-corrected chi connectivity index (χ1v) is 35.4. The second-order valence-corrected chi connectivity index (χ2v) is 31.7. The van der Waals surface area contributed by atoms with Gasteiger partial charge in [-0.1, -0.05) is 251 Å². The summed E-state index contributed by atoms with van der Waals surface area (Å²) in [6.45, 7) is 23.5. The van der Waals surface area contributed by atoms with E-state index in [9.17, 15) is 0 Å². The number of hydrogen-bond donors (Lipinski definition) is 0. The van der Waals surface area contributed by atoms with Crippen LogP contribution in [0.3, 0.4) is 0 Å². The molecular weight excluding hydrogens is 1200 g/mol. The standard InChI is InChI=1S/C93H78BN5/c1-90(2,3)62-49-61(50-63(52-62)91(4,5)6)59-37-42-65(43-38-59)96-86-54-67(98-81-31-19-13-25-71(81)72-26-14-20-32-82(72)98)45-48-78(86)94-77-47-44-66(97-79-29-17-11-23-69(79)70-24-12-18-30-80(70)97)53-85(77)95(64-40-35-58(36-41-64)60-39-46-75-76(51-60)93(9,10)57-92(75,7)8)87-55-68(56-88(96)89(87)94)99-83-33-21-15-27-73(83)74-28-16-22-34-84(74)99/h11-56H,57H2,1-10H3. The van der Waals surface area contributed by atoms with Gasteiger partial charge < -0.3 is 23.5 Å². The van der Waals surface area contributed by atoms with Crippen LogP contribution in [0.25, 0.3) is 105 Å². The topological polar surface area (TPSA) is 21.3 Å². The van der Waals surface area contributed by atoms with Crippen LogP contribution < -0.4 is 26.2 Å². The van der Waals surface area contributed by atoms with Gasteiger partial charge in [-0.2, -0.15) is 0 Å². The fourth-order valence-electron chi connectivity index (χ4n) is 18.0. The lowest BCUT2D eigenvalue weighted by molar-refractivity contribution is 0.403. The predicted molar refractivity (Wildman–Crippen MR) is 422 cm³/mol. The molecular formula is C93H78BN5. The van der Waals surface area contributed by atoms with Crippen molar-refractivity contribution < 1.29 is 0 Å². The first-order chi connectivity index (χ1) is 47.8. The van der Waals surface area contributed by atoms with Crippen LogP contribution in [0.2, 0.25) is 0 Å². The Morgan fingerprint density at radius 3 is 0.990 bits per heavy atom. The van der Waals surface area contributed by atoms with Gasteiger partial charge in [0.25, 0.3) is 6.71 Å². The molecule has 5 nitrogen and oxygen atoms in total.